The predicted molar refractivity (Wildman–Crippen MR) is 101 cm³/mol. The van der Waals surface area contributed by atoms with E-state index < -0.39 is 51.7 Å². The number of thioether (sulfide) groups is 1. The summed E-state index contributed by atoms with van der Waals surface area (Å²) in [6.45, 7) is 3.52. The monoisotopic (exact) mass is 418 g/mol. The molecule has 2 fully saturated rings. The number of amides is 2. The van der Waals surface area contributed by atoms with Gasteiger partial charge in [0, 0.05) is 4.75 Å². The molecule has 0 saturated carbocycles. The number of aromatic amines is 1. The Morgan fingerprint density at radius 1 is 1.31 bits per heavy atom. The lowest BCUT2D eigenvalue weighted by Gasteiger charge is -2.43. The van der Waals surface area contributed by atoms with Crippen LogP contribution < -0.4 is 11.1 Å². The normalized spacial score (nSPS) is 25.8. The molecule has 3 N–H and O–H groups in total. The molecule has 3 unspecified atom stereocenters. The first kappa shape index (κ1) is 19.2. The van der Waals surface area contributed by atoms with E-state index in [1.807, 2.05) is 0 Å². The van der Waals surface area contributed by atoms with Crippen LogP contribution >= 0.6 is 11.8 Å². The topological polar surface area (TPSA) is 146 Å². The van der Waals surface area contributed by atoms with E-state index in [2.05, 4.69) is 20.0 Å². The first-order valence-corrected chi connectivity index (χ1v) is 9.72. The minimum absolute atomic E-state index is 0.0187. The lowest BCUT2D eigenvalue weighted by molar-refractivity contribution is -0.161. The molecule has 2 saturated heterocycles. The maximum atomic E-state index is 13.1. The summed E-state index contributed by atoms with van der Waals surface area (Å²) in [7, 11) is 0. The molecule has 4 rings (SSSR count). The predicted octanol–water partition coefficient (Wildman–Crippen LogP) is 0.127. The summed E-state index contributed by atoms with van der Waals surface area (Å²) in [6.07, 6.45) is 0. The maximum absolute atomic E-state index is 13.1. The Bertz CT molecular complexity index is 1030. The quantitative estimate of drug-likeness (QED) is 0.581. The van der Waals surface area contributed by atoms with Crippen LogP contribution in [0, 0.1) is 0 Å². The molecule has 3 heterocycles. The fraction of sp³-hybridized carbons (Fsp3) is 0.389. The van der Waals surface area contributed by atoms with Crippen molar-refractivity contribution in [3.05, 3.63) is 52.3 Å². The number of H-pyrrole nitrogens is 1. The molecule has 0 aliphatic carbocycles. The fourth-order valence-corrected chi connectivity index (χ4v) is 5.45. The summed E-state index contributed by atoms with van der Waals surface area (Å²) in [5.74, 6) is -3.84. The van der Waals surface area contributed by atoms with Crippen molar-refractivity contribution in [3.63, 3.8) is 0 Å². The molecule has 4 atom stereocenters. The van der Waals surface area contributed by atoms with Gasteiger partial charge >= 0.3 is 11.7 Å². The number of β-lactam (4-membered cyclic amide) rings is 1. The van der Waals surface area contributed by atoms with Gasteiger partial charge in [0.1, 0.15) is 23.4 Å². The van der Waals surface area contributed by atoms with Crippen LogP contribution in [0.25, 0.3) is 0 Å². The molecular weight excluding hydrogens is 400 g/mol. The number of carboxylic acids is 1. The molecule has 11 heteroatoms. The molecule has 152 valence electrons. The van der Waals surface area contributed by atoms with Gasteiger partial charge in [0.2, 0.25) is 11.8 Å². The van der Waals surface area contributed by atoms with Gasteiger partial charge in [-0.15, -0.1) is 11.8 Å². The first-order valence-electron chi connectivity index (χ1n) is 8.84. The van der Waals surface area contributed by atoms with Crippen molar-refractivity contribution in [2.75, 3.05) is 0 Å². The summed E-state index contributed by atoms with van der Waals surface area (Å²) in [4.78, 5) is 52.4. The van der Waals surface area contributed by atoms with E-state index in [1.165, 1.54) is 16.7 Å². The molecule has 2 aliphatic heterocycles. The van der Waals surface area contributed by atoms with Crippen molar-refractivity contribution in [1.82, 2.24) is 20.4 Å². The molecule has 2 aliphatic rings. The summed E-state index contributed by atoms with van der Waals surface area (Å²) in [6, 6.07) is 6.81. The molecule has 2 amide bonds. The van der Waals surface area contributed by atoms with Crippen LogP contribution in [-0.2, 0) is 14.4 Å². The second-order valence-electron chi connectivity index (χ2n) is 7.41. The van der Waals surface area contributed by atoms with E-state index in [1.54, 1.807) is 44.2 Å². The lowest BCUT2D eigenvalue weighted by Crippen LogP contribution is -2.70. The lowest BCUT2D eigenvalue weighted by atomic mass is 9.94. The third-order valence-electron chi connectivity index (χ3n) is 5.10. The molecule has 1 aromatic heterocycles. The highest BCUT2D eigenvalue weighted by molar-refractivity contribution is 8.01. The number of carbonyl (C=O) groups is 3. The Morgan fingerprint density at radius 2 is 2.00 bits per heavy atom. The van der Waals surface area contributed by atoms with E-state index in [-0.39, 0.29) is 5.82 Å². The van der Waals surface area contributed by atoms with Gasteiger partial charge in [-0.05, 0) is 19.4 Å². The van der Waals surface area contributed by atoms with Crippen LogP contribution in [0.5, 0.6) is 0 Å². The van der Waals surface area contributed by atoms with Gasteiger partial charge in [0.25, 0.3) is 0 Å². The third-order valence-corrected chi connectivity index (χ3v) is 6.67. The average Bonchev–Trinajstić information content (AvgIpc) is 3.19. The number of hydrogen-bond acceptors (Lipinski definition) is 7. The van der Waals surface area contributed by atoms with Crippen molar-refractivity contribution < 1.29 is 24.0 Å². The maximum Gasteiger partial charge on any atom is 0.438 e. The second-order valence-corrected chi connectivity index (χ2v) is 9.18. The number of carboxylic acid groups (broad SMARTS) is 1. The van der Waals surface area contributed by atoms with Crippen molar-refractivity contribution in [1.29, 1.82) is 0 Å². The molecule has 10 nitrogen and oxygen atoms in total. The largest absolute Gasteiger partial charge is 0.480 e. The van der Waals surface area contributed by atoms with Gasteiger partial charge in [-0.2, -0.15) is 0 Å². The van der Waals surface area contributed by atoms with Crippen molar-refractivity contribution >= 4 is 29.5 Å². The van der Waals surface area contributed by atoms with E-state index in [9.17, 15) is 24.3 Å². The van der Waals surface area contributed by atoms with E-state index in [0.29, 0.717) is 5.56 Å². The highest BCUT2D eigenvalue weighted by atomic mass is 32.2. The van der Waals surface area contributed by atoms with Crippen LogP contribution in [0.4, 0.5) is 0 Å². The van der Waals surface area contributed by atoms with Crippen LogP contribution in [0.1, 0.15) is 31.2 Å². The van der Waals surface area contributed by atoms with Gasteiger partial charge in [-0.25, -0.2) is 9.59 Å². The number of rotatable bonds is 5. The SMILES string of the molecule is CC1(C)SC2[C@@H](NC(=O)C(c3ccccc3)c3noc(=O)[nH]3)C(=O)N2C1C(=O)O. The number of hydrogen-bond donors (Lipinski definition) is 3. The molecule has 0 radical (unpaired) electrons. The van der Waals surface area contributed by atoms with Crippen LogP contribution in [0.3, 0.4) is 0 Å². The van der Waals surface area contributed by atoms with Crippen molar-refractivity contribution in [3.8, 4) is 0 Å². The van der Waals surface area contributed by atoms with Gasteiger partial charge in [0.15, 0.2) is 5.82 Å². The second kappa shape index (κ2) is 6.76. The number of aromatic nitrogens is 2. The van der Waals surface area contributed by atoms with Crippen LogP contribution in [-0.4, -0.2) is 60.1 Å². The zero-order valence-electron chi connectivity index (χ0n) is 15.5. The minimum atomic E-state index is -1.08. The van der Waals surface area contributed by atoms with Crippen molar-refractivity contribution in [2.45, 2.75) is 42.0 Å². The zero-order chi connectivity index (χ0) is 20.9. The van der Waals surface area contributed by atoms with Gasteiger partial charge in [0.05, 0.1) is 0 Å². The Hall–Kier alpha value is -3.08. The van der Waals surface area contributed by atoms with Crippen LogP contribution in [0.15, 0.2) is 39.6 Å². The highest BCUT2D eigenvalue weighted by Gasteiger charge is 2.64. The Kier molecular flexibility index (Phi) is 4.49. The van der Waals surface area contributed by atoms with E-state index in [0.717, 1.165) is 0 Å². The number of benzene rings is 1. The Labute approximate surface area is 168 Å². The molecule has 0 bridgehead atoms. The summed E-state index contributed by atoms with van der Waals surface area (Å²) >= 11 is 1.33. The molecular formula is C18H18N4O6S. The summed E-state index contributed by atoms with van der Waals surface area (Å²) in [5.41, 5.74) is 0.556. The Balaban J connectivity index is 1.59. The highest BCUT2D eigenvalue weighted by Crippen LogP contribution is 2.50. The minimum Gasteiger partial charge on any atom is -0.480 e. The number of fused-ring (bicyclic) bond motifs is 1. The molecule has 1 aromatic carbocycles. The average molecular weight is 418 g/mol. The number of aliphatic carboxylic acids is 1. The van der Waals surface area contributed by atoms with Gasteiger partial charge < -0.3 is 15.3 Å². The van der Waals surface area contributed by atoms with E-state index >= 15 is 0 Å². The number of nitrogens with one attached hydrogen (secondary N) is 2. The molecule has 0 spiro atoms. The third kappa shape index (κ3) is 3.11. The van der Waals surface area contributed by atoms with Gasteiger partial charge in [-0.1, -0.05) is 35.5 Å². The van der Waals surface area contributed by atoms with Gasteiger partial charge in [-0.3, -0.25) is 19.1 Å². The number of nitrogens with zero attached hydrogens (tertiary/aromatic N) is 2. The zero-order valence-corrected chi connectivity index (χ0v) is 16.3. The standard InChI is InChI=1S/C18H18N4O6S/c1-18(2)11(16(25)26)22-14(24)10(15(22)29-18)19-13(23)9(8-6-4-3-5-7-8)12-20-17(27)28-21-12/h3-7,9-11,15H,1-2H3,(H,19,23)(H,25,26)(H,20,21,27)/t9?,10-,11?,15?/m0/s1. The molecule has 2 aromatic rings. The smallest absolute Gasteiger partial charge is 0.438 e. The van der Waals surface area contributed by atoms with Crippen LogP contribution in [0.2, 0.25) is 0 Å². The van der Waals surface area contributed by atoms with Crippen molar-refractivity contribution in [2.24, 2.45) is 0 Å². The Morgan fingerprint density at radius 3 is 2.59 bits per heavy atom. The first-order chi connectivity index (χ1) is 13.7. The fourth-order valence-electron chi connectivity index (χ4n) is 3.83. The molecule has 29 heavy (non-hydrogen) atoms. The number of carbonyl (C=O) groups excluding carboxylic acids is 2. The summed E-state index contributed by atoms with van der Waals surface area (Å²) in [5, 5.41) is 15.3. The van der Waals surface area contributed by atoms with E-state index in [4.69, 9.17) is 0 Å². The summed E-state index contributed by atoms with van der Waals surface area (Å²) < 4.78 is 3.84.